The van der Waals surface area contributed by atoms with Gasteiger partial charge < -0.3 is 4.90 Å². The molecule has 0 bridgehead atoms. The first-order chi connectivity index (χ1) is 9.34. The average molecular weight is 264 g/mol. The van der Waals surface area contributed by atoms with Crippen molar-refractivity contribution in [3.8, 4) is 0 Å². The molecule has 2 atom stereocenters. The van der Waals surface area contributed by atoms with Crippen molar-refractivity contribution in [2.24, 2.45) is 0 Å². The first kappa shape index (κ1) is 12.8. The molecule has 1 aromatic rings. The van der Waals surface area contributed by atoms with Crippen LogP contribution in [-0.4, -0.2) is 53.3 Å². The largest absolute Gasteiger partial charge is 0.339 e. The maximum atomic E-state index is 13.8. The lowest BCUT2D eigenvalue weighted by Gasteiger charge is -2.28. The van der Waals surface area contributed by atoms with Crippen LogP contribution in [0.25, 0.3) is 0 Å². The predicted octanol–water partition coefficient (Wildman–Crippen LogP) is 1.88. The van der Waals surface area contributed by atoms with E-state index in [1.165, 1.54) is 0 Å². The summed E-state index contributed by atoms with van der Waals surface area (Å²) in [5.74, 6) is 0.799. The van der Waals surface area contributed by atoms with Gasteiger partial charge in [-0.05, 0) is 31.7 Å². The van der Waals surface area contributed by atoms with Crippen molar-refractivity contribution in [2.75, 3.05) is 31.1 Å². The zero-order valence-corrected chi connectivity index (χ0v) is 11.2. The number of halogens is 1. The minimum Gasteiger partial charge on any atom is -0.339 e. The summed E-state index contributed by atoms with van der Waals surface area (Å²) in [4.78, 5) is 13.2. The van der Waals surface area contributed by atoms with Crippen molar-refractivity contribution in [2.45, 2.75) is 37.9 Å². The molecule has 0 amide bonds. The number of aromatic nitrogens is 2. The molecular formula is C14H21FN4. The summed E-state index contributed by atoms with van der Waals surface area (Å²) >= 11 is 0. The second-order valence-electron chi connectivity index (χ2n) is 5.44. The van der Waals surface area contributed by atoms with E-state index >= 15 is 0 Å². The zero-order valence-electron chi connectivity index (χ0n) is 11.2. The Morgan fingerprint density at radius 3 is 2.58 bits per heavy atom. The summed E-state index contributed by atoms with van der Waals surface area (Å²) in [5.41, 5.74) is 0. The summed E-state index contributed by atoms with van der Waals surface area (Å²) in [6.07, 6.45) is 6.78. The molecule has 19 heavy (non-hydrogen) atoms. The van der Waals surface area contributed by atoms with Gasteiger partial charge in [-0.1, -0.05) is 0 Å². The molecule has 3 rings (SSSR count). The molecule has 0 radical (unpaired) electrons. The van der Waals surface area contributed by atoms with Gasteiger partial charge in [0.25, 0.3) is 0 Å². The molecule has 1 aliphatic heterocycles. The van der Waals surface area contributed by atoms with E-state index in [0.29, 0.717) is 0 Å². The second kappa shape index (κ2) is 5.82. The van der Waals surface area contributed by atoms with Crippen molar-refractivity contribution < 1.29 is 4.39 Å². The maximum absolute atomic E-state index is 13.8. The Balaban J connectivity index is 1.63. The standard InChI is InChI=1S/C14H21FN4/c15-12-4-1-5-13(12)18-8-3-9-19(11-10-18)14-16-6-2-7-17-14/h2,6-7,12-13H,1,3-5,8-11H2/t12-,13-/m1/s1. The molecule has 2 heterocycles. The molecule has 1 saturated carbocycles. The van der Waals surface area contributed by atoms with Crippen molar-refractivity contribution >= 4 is 5.95 Å². The Morgan fingerprint density at radius 1 is 1.00 bits per heavy atom. The van der Waals surface area contributed by atoms with E-state index in [9.17, 15) is 4.39 Å². The highest BCUT2D eigenvalue weighted by atomic mass is 19.1. The number of rotatable bonds is 2. The molecule has 0 unspecified atom stereocenters. The van der Waals surface area contributed by atoms with Gasteiger partial charge in [-0.2, -0.15) is 0 Å². The van der Waals surface area contributed by atoms with Crippen molar-refractivity contribution in [1.29, 1.82) is 0 Å². The topological polar surface area (TPSA) is 32.3 Å². The number of nitrogens with zero attached hydrogens (tertiary/aromatic N) is 4. The number of alkyl halides is 1. The van der Waals surface area contributed by atoms with Crippen molar-refractivity contribution in [3.05, 3.63) is 18.5 Å². The Bertz CT molecular complexity index is 400. The van der Waals surface area contributed by atoms with Crippen LogP contribution < -0.4 is 4.90 Å². The average Bonchev–Trinajstić information content (AvgIpc) is 2.74. The van der Waals surface area contributed by atoms with Gasteiger partial charge in [0.05, 0.1) is 0 Å². The summed E-state index contributed by atoms with van der Waals surface area (Å²) in [6.45, 7) is 3.77. The molecule has 4 nitrogen and oxygen atoms in total. The van der Waals surface area contributed by atoms with Gasteiger partial charge >= 0.3 is 0 Å². The maximum Gasteiger partial charge on any atom is 0.225 e. The van der Waals surface area contributed by atoms with E-state index in [1.807, 2.05) is 6.07 Å². The molecule has 2 aliphatic rings. The van der Waals surface area contributed by atoms with Gasteiger partial charge in [0.2, 0.25) is 5.95 Å². The van der Waals surface area contributed by atoms with Crippen LogP contribution in [-0.2, 0) is 0 Å². The molecule has 1 aliphatic carbocycles. The first-order valence-corrected chi connectivity index (χ1v) is 7.25. The molecule has 1 aromatic heterocycles. The number of hydrogen-bond acceptors (Lipinski definition) is 4. The fraction of sp³-hybridized carbons (Fsp3) is 0.714. The van der Waals surface area contributed by atoms with Crippen molar-refractivity contribution in [1.82, 2.24) is 14.9 Å². The van der Waals surface area contributed by atoms with E-state index in [4.69, 9.17) is 0 Å². The number of anilines is 1. The van der Waals surface area contributed by atoms with Gasteiger partial charge in [0.15, 0.2) is 0 Å². The quantitative estimate of drug-likeness (QED) is 0.816. The summed E-state index contributed by atoms with van der Waals surface area (Å²) < 4.78 is 13.8. The lowest BCUT2D eigenvalue weighted by molar-refractivity contribution is 0.139. The van der Waals surface area contributed by atoms with E-state index in [1.54, 1.807) is 12.4 Å². The van der Waals surface area contributed by atoms with E-state index in [2.05, 4.69) is 19.8 Å². The Hall–Kier alpha value is -1.23. The smallest absolute Gasteiger partial charge is 0.225 e. The van der Waals surface area contributed by atoms with Gasteiger partial charge in [0, 0.05) is 44.6 Å². The van der Waals surface area contributed by atoms with Gasteiger partial charge in [-0.15, -0.1) is 0 Å². The van der Waals surface area contributed by atoms with Gasteiger partial charge in [-0.25, -0.2) is 14.4 Å². The predicted molar refractivity (Wildman–Crippen MR) is 73.0 cm³/mol. The molecule has 0 aromatic carbocycles. The van der Waals surface area contributed by atoms with Crippen LogP contribution >= 0.6 is 0 Å². The second-order valence-corrected chi connectivity index (χ2v) is 5.44. The fourth-order valence-electron chi connectivity index (χ4n) is 3.23. The van der Waals surface area contributed by atoms with Crippen LogP contribution in [0.15, 0.2) is 18.5 Å². The SMILES string of the molecule is F[C@@H]1CCC[C@H]1N1CCCN(c2ncccn2)CC1. The molecule has 0 N–H and O–H groups in total. The molecule has 1 saturated heterocycles. The lowest BCUT2D eigenvalue weighted by atomic mass is 10.2. The summed E-state index contributed by atoms with van der Waals surface area (Å²) in [7, 11) is 0. The molecule has 0 spiro atoms. The van der Waals surface area contributed by atoms with Crippen LogP contribution in [0.4, 0.5) is 10.3 Å². The zero-order chi connectivity index (χ0) is 13.1. The first-order valence-electron chi connectivity index (χ1n) is 7.25. The Labute approximate surface area is 113 Å². The molecule has 104 valence electrons. The summed E-state index contributed by atoms with van der Waals surface area (Å²) in [5, 5.41) is 0. The van der Waals surface area contributed by atoms with E-state index in [0.717, 1.165) is 57.8 Å². The highest BCUT2D eigenvalue weighted by Gasteiger charge is 2.33. The minimum atomic E-state index is -0.625. The van der Waals surface area contributed by atoms with Crippen LogP contribution in [0.2, 0.25) is 0 Å². The van der Waals surface area contributed by atoms with E-state index < -0.39 is 6.17 Å². The highest BCUT2D eigenvalue weighted by molar-refractivity contribution is 5.28. The van der Waals surface area contributed by atoms with Crippen LogP contribution in [0.5, 0.6) is 0 Å². The normalized spacial score (nSPS) is 29.4. The lowest BCUT2D eigenvalue weighted by Crippen LogP contribution is -2.41. The molecule has 2 fully saturated rings. The molecule has 5 heteroatoms. The molecular weight excluding hydrogens is 243 g/mol. The minimum absolute atomic E-state index is 0.150. The fourth-order valence-corrected chi connectivity index (χ4v) is 3.23. The Morgan fingerprint density at radius 2 is 1.84 bits per heavy atom. The number of hydrogen-bond donors (Lipinski definition) is 0. The third kappa shape index (κ3) is 2.86. The monoisotopic (exact) mass is 264 g/mol. The summed E-state index contributed by atoms with van der Waals surface area (Å²) in [6, 6.07) is 1.98. The van der Waals surface area contributed by atoms with Crippen molar-refractivity contribution in [3.63, 3.8) is 0 Å². The Kier molecular flexibility index (Phi) is 3.92. The highest BCUT2D eigenvalue weighted by Crippen LogP contribution is 2.27. The van der Waals surface area contributed by atoms with Crippen LogP contribution in [0.3, 0.4) is 0 Å². The van der Waals surface area contributed by atoms with Gasteiger partial charge in [-0.3, -0.25) is 4.90 Å². The van der Waals surface area contributed by atoms with Crippen LogP contribution in [0, 0.1) is 0 Å². The van der Waals surface area contributed by atoms with Crippen LogP contribution in [0.1, 0.15) is 25.7 Å². The van der Waals surface area contributed by atoms with Gasteiger partial charge in [0.1, 0.15) is 6.17 Å². The third-order valence-electron chi connectivity index (χ3n) is 4.23. The van der Waals surface area contributed by atoms with E-state index in [-0.39, 0.29) is 6.04 Å². The third-order valence-corrected chi connectivity index (χ3v) is 4.23.